The Morgan fingerprint density at radius 1 is 1.18 bits per heavy atom. The molecule has 5 heteroatoms. The number of carbonyl (C=O) groups excluding carboxylic acids is 1. The Morgan fingerprint density at radius 2 is 1.93 bits per heavy atom. The van der Waals surface area contributed by atoms with E-state index < -0.39 is 0 Å². The van der Waals surface area contributed by atoms with E-state index in [4.69, 9.17) is 9.47 Å². The van der Waals surface area contributed by atoms with Gasteiger partial charge in [-0.1, -0.05) is 18.2 Å². The van der Waals surface area contributed by atoms with Gasteiger partial charge in [0.2, 0.25) is 5.91 Å². The summed E-state index contributed by atoms with van der Waals surface area (Å²) < 4.78 is 12.9. The highest BCUT2D eigenvalue weighted by Crippen LogP contribution is 2.39. The maximum atomic E-state index is 12.6. The third-order valence-electron chi connectivity index (χ3n) is 5.66. The van der Waals surface area contributed by atoms with Crippen LogP contribution in [0, 0.1) is 0 Å². The van der Waals surface area contributed by atoms with Crippen molar-refractivity contribution in [3.8, 4) is 11.5 Å². The van der Waals surface area contributed by atoms with Gasteiger partial charge in [-0.3, -0.25) is 4.79 Å². The van der Waals surface area contributed by atoms with Gasteiger partial charge in [0.25, 0.3) is 0 Å². The van der Waals surface area contributed by atoms with Gasteiger partial charge in [0.1, 0.15) is 0 Å². The number of hydrogen-bond acceptors (Lipinski definition) is 3. The number of amides is 1. The largest absolute Gasteiger partial charge is 0.493 e. The Kier molecular flexibility index (Phi) is 4.99. The summed E-state index contributed by atoms with van der Waals surface area (Å²) in [6.45, 7) is 0. The first-order valence-electron chi connectivity index (χ1n) is 9.67. The van der Waals surface area contributed by atoms with E-state index in [-0.39, 0.29) is 11.9 Å². The maximum Gasteiger partial charge on any atom is 0.220 e. The SMILES string of the molecule is COc1cc2c(cc1OC)[C@H](NC(=O)CCc1cn(C)c3ccccc13)CC2. The monoisotopic (exact) mass is 378 g/mol. The minimum atomic E-state index is 0.0369. The number of fused-ring (bicyclic) bond motifs is 2. The van der Waals surface area contributed by atoms with Crippen molar-refractivity contribution < 1.29 is 14.3 Å². The van der Waals surface area contributed by atoms with Crippen LogP contribution in [0.1, 0.15) is 35.6 Å². The zero-order valence-corrected chi connectivity index (χ0v) is 16.6. The molecule has 5 nitrogen and oxygen atoms in total. The van der Waals surface area contributed by atoms with Crippen molar-refractivity contribution in [2.24, 2.45) is 7.05 Å². The summed E-state index contributed by atoms with van der Waals surface area (Å²) in [4.78, 5) is 12.6. The molecule has 0 radical (unpaired) electrons. The molecule has 1 aliphatic rings. The molecule has 1 atom stereocenters. The van der Waals surface area contributed by atoms with Crippen molar-refractivity contribution in [3.05, 3.63) is 59.3 Å². The highest BCUT2D eigenvalue weighted by Gasteiger charge is 2.26. The molecular formula is C23H26N2O3. The number of para-hydroxylation sites is 1. The summed E-state index contributed by atoms with van der Waals surface area (Å²) in [5.74, 6) is 1.53. The Bertz CT molecular complexity index is 1020. The first-order chi connectivity index (χ1) is 13.6. The van der Waals surface area contributed by atoms with Crippen molar-refractivity contribution in [2.45, 2.75) is 31.7 Å². The molecule has 3 aromatic rings. The van der Waals surface area contributed by atoms with Crippen LogP contribution < -0.4 is 14.8 Å². The van der Waals surface area contributed by atoms with Crippen molar-refractivity contribution in [3.63, 3.8) is 0 Å². The van der Waals surface area contributed by atoms with E-state index in [1.165, 1.54) is 22.0 Å². The number of benzene rings is 2. The van der Waals surface area contributed by atoms with E-state index >= 15 is 0 Å². The van der Waals surface area contributed by atoms with E-state index in [0.717, 1.165) is 30.6 Å². The van der Waals surface area contributed by atoms with Gasteiger partial charge in [-0.15, -0.1) is 0 Å². The first kappa shape index (κ1) is 18.4. The van der Waals surface area contributed by atoms with Gasteiger partial charge in [-0.25, -0.2) is 0 Å². The standard InChI is InChI=1S/C23H26N2O3/c1-25-14-16(17-6-4-5-7-20(17)25)9-11-23(26)24-19-10-8-15-12-21(27-2)22(28-3)13-18(15)19/h4-7,12-14,19H,8-11H2,1-3H3,(H,24,26)/t19-/m1/s1. The maximum absolute atomic E-state index is 12.6. The van der Waals surface area contributed by atoms with Gasteiger partial charge < -0.3 is 19.4 Å². The Hall–Kier alpha value is -2.95. The smallest absolute Gasteiger partial charge is 0.220 e. The van der Waals surface area contributed by atoms with Gasteiger partial charge in [-0.2, -0.15) is 0 Å². The number of aryl methyl sites for hydroxylation is 3. The van der Waals surface area contributed by atoms with Crippen LogP contribution in [0.5, 0.6) is 11.5 Å². The second-order valence-electron chi connectivity index (χ2n) is 7.35. The molecule has 0 spiro atoms. The van der Waals surface area contributed by atoms with Crippen LogP contribution in [0.15, 0.2) is 42.6 Å². The lowest BCUT2D eigenvalue weighted by atomic mass is 10.1. The first-order valence-corrected chi connectivity index (χ1v) is 9.67. The predicted molar refractivity (Wildman–Crippen MR) is 110 cm³/mol. The number of carbonyl (C=O) groups is 1. The van der Waals surface area contributed by atoms with Crippen LogP contribution >= 0.6 is 0 Å². The summed E-state index contributed by atoms with van der Waals surface area (Å²) in [6, 6.07) is 12.4. The van der Waals surface area contributed by atoms with E-state index in [1.54, 1.807) is 14.2 Å². The molecule has 0 unspecified atom stereocenters. The van der Waals surface area contributed by atoms with Crippen LogP contribution in [-0.2, 0) is 24.7 Å². The van der Waals surface area contributed by atoms with Crippen LogP contribution in [0.3, 0.4) is 0 Å². The molecule has 1 heterocycles. The normalized spacial score (nSPS) is 15.5. The highest BCUT2D eigenvalue weighted by molar-refractivity contribution is 5.85. The summed E-state index contributed by atoms with van der Waals surface area (Å²) in [6.07, 6.45) is 5.18. The molecule has 0 fully saturated rings. The zero-order valence-electron chi connectivity index (χ0n) is 16.6. The lowest BCUT2D eigenvalue weighted by Crippen LogP contribution is -2.27. The fourth-order valence-corrected chi connectivity index (χ4v) is 4.22. The van der Waals surface area contributed by atoms with Gasteiger partial charge in [0.15, 0.2) is 11.5 Å². The number of nitrogens with one attached hydrogen (secondary N) is 1. The van der Waals surface area contributed by atoms with Crippen LogP contribution in [-0.4, -0.2) is 24.7 Å². The number of hydrogen-bond donors (Lipinski definition) is 1. The second kappa shape index (κ2) is 7.58. The van der Waals surface area contributed by atoms with Crippen molar-refractivity contribution in [2.75, 3.05) is 14.2 Å². The van der Waals surface area contributed by atoms with Crippen LogP contribution in [0.2, 0.25) is 0 Å². The van der Waals surface area contributed by atoms with Gasteiger partial charge in [-0.05, 0) is 54.2 Å². The fourth-order valence-electron chi connectivity index (χ4n) is 4.22. The topological polar surface area (TPSA) is 52.5 Å². The quantitative estimate of drug-likeness (QED) is 0.707. The Labute approximate surface area is 165 Å². The Morgan fingerprint density at radius 3 is 2.71 bits per heavy atom. The summed E-state index contributed by atoms with van der Waals surface area (Å²) in [5.41, 5.74) is 4.77. The van der Waals surface area contributed by atoms with Crippen LogP contribution in [0.25, 0.3) is 10.9 Å². The minimum Gasteiger partial charge on any atom is -0.493 e. The lowest BCUT2D eigenvalue weighted by Gasteiger charge is -2.16. The lowest BCUT2D eigenvalue weighted by molar-refractivity contribution is -0.121. The molecule has 0 saturated heterocycles. The molecular weight excluding hydrogens is 352 g/mol. The van der Waals surface area contributed by atoms with Crippen LogP contribution in [0.4, 0.5) is 0 Å². The third kappa shape index (κ3) is 3.33. The van der Waals surface area contributed by atoms with Gasteiger partial charge in [0, 0.05) is 30.6 Å². The minimum absolute atomic E-state index is 0.0369. The number of rotatable bonds is 6. The number of ether oxygens (including phenoxy) is 2. The predicted octanol–water partition coefficient (Wildman–Crippen LogP) is 3.93. The van der Waals surface area contributed by atoms with Crippen molar-refractivity contribution in [1.29, 1.82) is 0 Å². The van der Waals surface area contributed by atoms with E-state index in [9.17, 15) is 4.79 Å². The highest BCUT2D eigenvalue weighted by atomic mass is 16.5. The van der Waals surface area contributed by atoms with Gasteiger partial charge in [0.05, 0.1) is 20.3 Å². The summed E-state index contributed by atoms with van der Waals surface area (Å²) in [5, 5.41) is 4.43. The molecule has 1 aromatic heterocycles. The van der Waals surface area contributed by atoms with Crippen molar-refractivity contribution in [1.82, 2.24) is 9.88 Å². The molecule has 1 amide bonds. The average Bonchev–Trinajstić information content (AvgIpc) is 3.26. The molecule has 1 N–H and O–H groups in total. The second-order valence-corrected chi connectivity index (χ2v) is 7.35. The van der Waals surface area contributed by atoms with E-state index in [2.05, 4.69) is 28.2 Å². The van der Waals surface area contributed by atoms with E-state index in [1.807, 2.05) is 31.3 Å². The number of methoxy groups -OCH3 is 2. The molecule has 28 heavy (non-hydrogen) atoms. The summed E-state index contributed by atoms with van der Waals surface area (Å²) >= 11 is 0. The molecule has 0 bridgehead atoms. The summed E-state index contributed by atoms with van der Waals surface area (Å²) in [7, 11) is 5.33. The third-order valence-corrected chi connectivity index (χ3v) is 5.66. The molecule has 146 valence electrons. The number of nitrogens with zero attached hydrogens (tertiary/aromatic N) is 1. The van der Waals surface area contributed by atoms with Crippen molar-refractivity contribution >= 4 is 16.8 Å². The fraction of sp³-hybridized carbons (Fsp3) is 0.348. The molecule has 2 aromatic carbocycles. The molecule has 4 rings (SSSR count). The van der Waals surface area contributed by atoms with E-state index in [0.29, 0.717) is 12.2 Å². The molecule has 1 aliphatic carbocycles. The zero-order chi connectivity index (χ0) is 19.7. The molecule has 0 saturated carbocycles. The molecule has 0 aliphatic heterocycles. The van der Waals surface area contributed by atoms with Gasteiger partial charge >= 0.3 is 0 Å². The average molecular weight is 378 g/mol. The number of aromatic nitrogens is 1. The Balaban J connectivity index is 1.44.